The molecule has 1 aliphatic rings. The minimum Gasteiger partial charge on any atom is -0.326 e. The van der Waals surface area contributed by atoms with Crippen LogP contribution in [0.5, 0.6) is 0 Å². The maximum absolute atomic E-state index is 12.5. The molecule has 162 valence electrons. The maximum atomic E-state index is 12.5. The molecule has 3 aromatic rings. The lowest BCUT2D eigenvalue weighted by Crippen LogP contribution is -2.31. The van der Waals surface area contributed by atoms with Crippen molar-refractivity contribution < 1.29 is 19.3 Å². The van der Waals surface area contributed by atoms with E-state index in [9.17, 15) is 24.5 Å². The first-order chi connectivity index (χ1) is 15.3. The number of amides is 3. The Kier molecular flexibility index (Phi) is 5.78. The van der Waals surface area contributed by atoms with Gasteiger partial charge in [0.05, 0.1) is 21.2 Å². The molecule has 1 aliphatic heterocycles. The molecule has 3 amide bonds. The van der Waals surface area contributed by atoms with Gasteiger partial charge in [-0.05, 0) is 31.5 Å². The summed E-state index contributed by atoms with van der Waals surface area (Å²) in [4.78, 5) is 53.2. The van der Waals surface area contributed by atoms with Gasteiger partial charge in [-0.1, -0.05) is 18.2 Å². The van der Waals surface area contributed by atoms with E-state index in [1.54, 1.807) is 23.5 Å². The smallest absolute Gasteiger partial charge is 0.282 e. The van der Waals surface area contributed by atoms with E-state index >= 15 is 0 Å². The molecule has 0 fully saturated rings. The number of nitrogens with one attached hydrogen (secondary N) is 1. The molecule has 0 saturated carbocycles. The van der Waals surface area contributed by atoms with Crippen LogP contribution in [0.4, 0.5) is 11.4 Å². The second-order valence-corrected chi connectivity index (χ2v) is 8.26. The number of carbonyl (C=O) groups is 3. The number of imide groups is 1. The summed E-state index contributed by atoms with van der Waals surface area (Å²) in [6.07, 6.45) is 0.323. The number of benzene rings is 2. The van der Waals surface area contributed by atoms with E-state index in [4.69, 9.17) is 0 Å². The van der Waals surface area contributed by atoms with Crippen molar-refractivity contribution in [3.05, 3.63) is 74.1 Å². The van der Waals surface area contributed by atoms with Crippen LogP contribution < -0.4 is 5.32 Å². The van der Waals surface area contributed by atoms with E-state index < -0.39 is 22.4 Å². The molecule has 1 aromatic heterocycles. The molecule has 0 saturated heterocycles. The van der Waals surface area contributed by atoms with Crippen LogP contribution in [0.3, 0.4) is 0 Å². The predicted molar refractivity (Wildman–Crippen MR) is 119 cm³/mol. The topological polar surface area (TPSA) is 123 Å². The van der Waals surface area contributed by atoms with E-state index in [1.807, 2.05) is 24.4 Å². The molecular weight excluding hydrogens is 432 g/mol. The molecule has 2 aromatic carbocycles. The lowest BCUT2D eigenvalue weighted by molar-refractivity contribution is -0.385. The number of anilines is 1. The minimum absolute atomic E-state index is 0.000957. The van der Waals surface area contributed by atoms with Crippen LogP contribution in [0.2, 0.25) is 0 Å². The quantitative estimate of drug-likeness (QED) is 0.329. The fraction of sp³-hybridized carbons (Fsp3) is 0.182. The van der Waals surface area contributed by atoms with Crippen LogP contribution in [-0.4, -0.2) is 39.1 Å². The SMILES string of the molecule is Cc1nc(-c2ccc(NC(=O)CCCN3C(=O)c4cccc([N+](=O)[O-])c4C3=O)cc2)cs1. The molecular formula is C22H18N4O5S. The van der Waals surface area contributed by atoms with E-state index in [-0.39, 0.29) is 36.4 Å². The van der Waals surface area contributed by atoms with Gasteiger partial charge in [0.1, 0.15) is 5.56 Å². The molecule has 1 N–H and O–H groups in total. The molecule has 0 unspecified atom stereocenters. The summed E-state index contributed by atoms with van der Waals surface area (Å²) >= 11 is 1.57. The van der Waals surface area contributed by atoms with Gasteiger partial charge in [-0.25, -0.2) is 4.98 Å². The van der Waals surface area contributed by atoms with Gasteiger partial charge in [-0.3, -0.25) is 29.4 Å². The first-order valence-corrected chi connectivity index (χ1v) is 10.7. The van der Waals surface area contributed by atoms with Gasteiger partial charge in [-0.2, -0.15) is 0 Å². The highest BCUT2D eigenvalue weighted by atomic mass is 32.1. The number of nitrogens with zero attached hydrogens (tertiary/aromatic N) is 3. The fourth-order valence-corrected chi connectivity index (χ4v) is 4.13. The molecule has 9 nitrogen and oxygen atoms in total. The second kappa shape index (κ2) is 8.67. The minimum atomic E-state index is -0.703. The largest absolute Gasteiger partial charge is 0.326 e. The Balaban J connectivity index is 1.32. The maximum Gasteiger partial charge on any atom is 0.282 e. The van der Waals surface area contributed by atoms with Crippen LogP contribution in [-0.2, 0) is 4.79 Å². The van der Waals surface area contributed by atoms with Gasteiger partial charge >= 0.3 is 0 Å². The molecule has 4 rings (SSSR count). The first kappa shape index (κ1) is 21.3. The highest BCUT2D eigenvalue weighted by Crippen LogP contribution is 2.31. The van der Waals surface area contributed by atoms with E-state index in [0.29, 0.717) is 5.69 Å². The van der Waals surface area contributed by atoms with Crippen LogP contribution in [0.1, 0.15) is 38.6 Å². The van der Waals surface area contributed by atoms with Crippen LogP contribution in [0.15, 0.2) is 47.8 Å². The second-order valence-electron chi connectivity index (χ2n) is 7.20. The highest BCUT2D eigenvalue weighted by Gasteiger charge is 2.40. The summed E-state index contributed by atoms with van der Waals surface area (Å²) in [6, 6.07) is 11.3. The van der Waals surface area contributed by atoms with Gasteiger partial charge in [0, 0.05) is 35.7 Å². The Bertz CT molecular complexity index is 1240. The van der Waals surface area contributed by atoms with Crippen molar-refractivity contribution in [1.29, 1.82) is 0 Å². The van der Waals surface area contributed by atoms with Crippen molar-refractivity contribution in [2.45, 2.75) is 19.8 Å². The zero-order chi connectivity index (χ0) is 22.8. The lowest BCUT2D eigenvalue weighted by Gasteiger charge is -2.13. The third kappa shape index (κ3) is 4.12. The van der Waals surface area contributed by atoms with Crippen LogP contribution in [0, 0.1) is 17.0 Å². The average molecular weight is 450 g/mol. The van der Waals surface area contributed by atoms with Crippen molar-refractivity contribution >= 4 is 40.4 Å². The van der Waals surface area contributed by atoms with Crippen molar-refractivity contribution in [3.63, 3.8) is 0 Å². The molecule has 10 heteroatoms. The summed E-state index contributed by atoms with van der Waals surface area (Å²) in [7, 11) is 0. The van der Waals surface area contributed by atoms with E-state index in [1.165, 1.54) is 18.2 Å². The zero-order valence-electron chi connectivity index (χ0n) is 17.0. The number of hydrogen-bond donors (Lipinski definition) is 1. The molecule has 0 aliphatic carbocycles. The van der Waals surface area contributed by atoms with Crippen molar-refractivity contribution in [2.24, 2.45) is 0 Å². The fourth-order valence-electron chi connectivity index (χ4n) is 3.51. The predicted octanol–water partition coefficient (Wildman–Crippen LogP) is 4.04. The van der Waals surface area contributed by atoms with Gasteiger partial charge < -0.3 is 5.32 Å². The number of aryl methyl sites for hydroxylation is 1. The van der Waals surface area contributed by atoms with E-state index in [0.717, 1.165) is 21.2 Å². The van der Waals surface area contributed by atoms with Gasteiger partial charge in [0.2, 0.25) is 5.91 Å². The highest BCUT2D eigenvalue weighted by molar-refractivity contribution is 7.09. The molecule has 0 bridgehead atoms. The Labute approximate surface area is 186 Å². The monoisotopic (exact) mass is 450 g/mol. The van der Waals surface area contributed by atoms with Crippen molar-refractivity contribution in [2.75, 3.05) is 11.9 Å². The normalized spacial score (nSPS) is 12.7. The first-order valence-electron chi connectivity index (χ1n) is 9.81. The number of hydrogen-bond acceptors (Lipinski definition) is 7. The Morgan fingerprint density at radius 1 is 1.16 bits per heavy atom. The third-order valence-electron chi connectivity index (χ3n) is 5.04. The van der Waals surface area contributed by atoms with Crippen LogP contribution >= 0.6 is 11.3 Å². The van der Waals surface area contributed by atoms with Crippen LogP contribution in [0.25, 0.3) is 11.3 Å². The Morgan fingerprint density at radius 3 is 2.56 bits per heavy atom. The lowest BCUT2D eigenvalue weighted by atomic mass is 10.1. The summed E-state index contributed by atoms with van der Waals surface area (Å²) in [5, 5.41) is 16.9. The van der Waals surface area contributed by atoms with Gasteiger partial charge in [0.25, 0.3) is 17.5 Å². The van der Waals surface area contributed by atoms with Gasteiger partial charge in [-0.15, -0.1) is 11.3 Å². The summed E-state index contributed by atoms with van der Waals surface area (Å²) in [5.74, 6) is -1.54. The summed E-state index contributed by atoms with van der Waals surface area (Å²) < 4.78 is 0. The average Bonchev–Trinajstić information content (AvgIpc) is 3.31. The van der Waals surface area contributed by atoms with Gasteiger partial charge in [0.15, 0.2) is 0 Å². The Hall–Kier alpha value is -3.92. The zero-order valence-corrected chi connectivity index (χ0v) is 17.8. The Morgan fingerprint density at radius 2 is 1.91 bits per heavy atom. The van der Waals surface area contributed by atoms with Crippen molar-refractivity contribution in [1.82, 2.24) is 9.88 Å². The third-order valence-corrected chi connectivity index (χ3v) is 5.82. The molecule has 0 spiro atoms. The number of thiazole rings is 1. The number of nitro benzene ring substituents is 1. The number of nitro groups is 1. The summed E-state index contributed by atoms with van der Waals surface area (Å²) in [6.45, 7) is 1.94. The standard InChI is InChI=1S/C22H18N4O5S/c1-13-23-17(12-32-13)14-7-9-15(10-8-14)24-19(27)6-3-11-25-21(28)16-4-2-5-18(26(30)31)20(16)22(25)29/h2,4-5,7-10,12H,3,6,11H2,1H3,(H,24,27). The number of rotatable bonds is 7. The summed E-state index contributed by atoms with van der Waals surface area (Å²) in [5.41, 5.74) is 1.89. The number of aromatic nitrogens is 1. The molecule has 0 radical (unpaired) electrons. The molecule has 2 heterocycles. The van der Waals surface area contributed by atoms with Crippen molar-refractivity contribution in [3.8, 4) is 11.3 Å². The molecule has 0 atom stereocenters. The number of fused-ring (bicyclic) bond motifs is 1. The molecule has 32 heavy (non-hydrogen) atoms. The van der Waals surface area contributed by atoms with E-state index in [2.05, 4.69) is 10.3 Å². The number of carbonyl (C=O) groups excluding carboxylic acids is 3.